The fourth-order valence-corrected chi connectivity index (χ4v) is 9.04. The number of hydrogen-bond acceptors (Lipinski definition) is 3. The molecule has 47 heavy (non-hydrogen) atoms. The summed E-state index contributed by atoms with van der Waals surface area (Å²) in [7, 11) is 0. The molecule has 0 saturated carbocycles. The number of fused-ring (bicyclic) bond motifs is 12. The monoisotopic (exact) mass is 616 g/mol. The van der Waals surface area contributed by atoms with Gasteiger partial charge in [0.2, 0.25) is 0 Å². The first kappa shape index (κ1) is 25.3. The average Bonchev–Trinajstić information content (AvgIpc) is 3.81. The molecule has 3 aromatic heterocycles. The number of rotatable bonds is 2. The molecule has 2 nitrogen and oxygen atoms in total. The van der Waals surface area contributed by atoms with Gasteiger partial charge >= 0.3 is 0 Å². The van der Waals surface area contributed by atoms with E-state index in [2.05, 4.69) is 133 Å². The first-order valence-corrected chi connectivity index (χ1v) is 16.7. The van der Waals surface area contributed by atoms with E-state index in [1.807, 2.05) is 23.5 Å². The minimum absolute atomic E-state index is 0.838. The van der Waals surface area contributed by atoms with E-state index in [4.69, 9.17) is 8.83 Å². The van der Waals surface area contributed by atoms with Crippen LogP contribution in [0.2, 0.25) is 0 Å². The van der Waals surface area contributed by atoms with Crippen LogP contribution in [0.4, 0.5) is 0 Å². The summed E-state index contributed by atoms with van der Waals surface area (Å²) in [6, 6.07) is 52.4. The van der Waals surface area contributed by atoms with Gasteiger partial charge in [-0.15, -0.1) is 11.3 Å². The van der Waals surface area contributed by atoms with Crippen LogP contribution in [0.1, 0.15) is 0 Å². The van der Waals surface area contributed by atoms with E-state index in [1.165, 1.54) is 58.4 Å². The molecule has 0 unspecified atom stereocenters. The molecule has 0 amide bonds. The summed E-state index contributed by atoms with van der Waals surface area (Å²) in [4.78, 5) is 0. The standard InChI is InChI=1S/C44H24O2S/c1-3-13-29-27(11-1)40(25-20-21-32-37(24-25)45-36-23-22-31-26-10-5-7-17-35(26)46-44(31)43(32)36)28-12-2-4-14-30(28)41(29)34-16-9-19-39-42(34)33-15-6-8-18-38(33)47-39/h1-24H. The van der Waals surface area contributed by atoms with Crippen LogP contribution in [-0.2, 0) is 0 Å². The van der Waals surface area contributed by atoms with Crippen molar-refractivity contribution in [2.75, 3.05) is 0 Å². The Hall–Kier alpha value is -5.90. The van der Waals surface area contributed by atoms with E-state index in [1.54, 1.807) is 0 Å². The first-order valence-electron chi connectivity index (χ1n) is 15.9. The Morgan fingerprint density at radius 3 is 1.79 bits per heavy atom. The minimum Gasteiger partial charge on any atom is -0.456 e. The molecule has 3 heterocycles. The van der Waals surface area contributed by atoms with Gasteiger partial charge in [0.05, 0.1) is 5.39 Å². The third-order valence-corrected chi connectivity index (χ3v) is 11.0. The molecule has 11 rings (SSSR count). The smallest absolute Gasteiger partial charge is 0.147 e. The molecule has 0 aliphatic heterocycles. The van der Waals surface area contributed by atoms with Crippen LogP contribution < -0.4 is 0 Å². The number of benzene rings is 8. The predicted octanol–water partition coefficient (Wildman–Crippen LogP) is 13.5. The second-order valence-electron chi connectivity index (χ2n) is 12.3. The van der Waals surface area contributed by atoms with Crippen molar-refractivity contribution in [3.8, 4) is 22.3 Å². The lowest BCUT2D eigenvalue weighted by Crippen LogP contribution is -1.91. The molecule has 0 atom stereocenters. The Kier molecular flexibility index (Phi) is 5.02. The van der Waals surface area contributed by atoms with Crippen LogP contribution in [0, 0.1) is 0 Å². The summed E-state index contributed by atoms with van der Waals surface area (Å²) in [5.41, 5.74) is 8.39. The topological polar surface area (TPSA) is 26.3 Å². The minimum atomic E-state index is 0.838. The van der Waals surface area contributed by atoms with Crippen molar-refractivity contribution in [1.29, 1.82) is 0 Å². The Balaban J connectivity index is 1.22. The number of hydrogen-bond donors (Lipinski definition) is 0. The molecule has 0 bridgehead atoms. The molecule has 218 valence electrons. The van der Waals surface area contributed by atoms with E-state index >= 15 is 0 Å². The van der Waals surface area contributed by atoms with Crippen molar-refractivity contribution in [3.05, 3.63) is 146 Å². The molecule has 0 aliphatic carbocycles. The summed E-state index contributed by atoms with van der Waals surface area (Å²) in [6.07, 6.45) is 0. The lowest BCUT2D eigenvalue weighted by molar-refractivity contribution is 0.663. The van der Waals surface area contributed by atoms with Crippen LogP contribution in [0.5, 0.6) is 0 Å². The number of para-hydroxylation sites is 1. The predicted molar refractivity (Wildman–Crippen MR) is 200 cm³/mol. The molecule has 0 radical (unpaired) electrons. The molecule has 3 heteroatoms. The molecule has 8 aromatic carbocycles. The first-order chi connectivity index (χ1) is 23.3. The Labute approximate surface area is 272 Å². The largest absolute Gasteiger partial charge is 0.456 e. The van der Waals surface area contributed by atoms with Gasteiger partial charge in [0.15, 0.2) is 0 Å². The van der Waals surface area contributed by atoms with Gasteiger partial charge in [0.25, 0.3) is 0 Å². The van der Waals surface area contributed by atoms with Gasteiger partial charge in [0.1, 0.15) is 22.3 Å². The highest BCUT2D eigenvalue weighted by atomic mass is 32.1. The van der Waals surface area contributed by atoms with Gasteiger partial charge < -0.3 is 8.83 Å². The van der Waals surface area contributed by atoms with E-state index in [-0.39, 0.29) is 0 Å². The number of thiophene rings is 1. The normalized spacial score (nSPS) is 12.3. The van der Waals surface area contributed by atoms with Crippen LogP contribution in [0.25, 0.3) is 108 Å². The Morgan fingerprint density at radius 2 is 1.00 bits per heavy atom. The van der Waals surface area contributed by atoms with Crippen molar-refractivity contribution >= 4 is 96.9 Å². The second-order valence-corrected chi connectivity index (χ2v) is 13.4. The van der Waals surface area contributed by atoms with Gasteiger partial charge in [-0.25, -0.2) is 0 Å². The van der Waals surface area contributed by atoms with E-state index in [0.717, 1.165) is 49.4 Å². The van der Waals surface area contributed by atoms with Crippen molar-refractivity contribution in [1.82, 2.24) is 0 Å². The molecule has 0 N–H and O–H groups in total. The summed E-state index contributed by atoms with van der Waals surface area (Å²) >= 11 is 1.87. The van der Waals surface area contributed by atoms with Crippen molar-refractivity contribution in [3.63, 3.8) is 0 Å². The highest BCUT2D eigenvalue weighted by Crippen LogP contribution is 2.48. The number of furan rings is 2. The summed E-state index contributed by atoms with van der Waals surface area (Å²) in [5.74, 6) is 0. The zero-order valence-electron chi connectivity index (χ0n) is 25.1. The summed E-state index contributed by atoms with van der Waals surface area (Å²) in [5, 5.41) is 11.9. The quantitative estimate of drug-likeness (QED) is 0.181. The average molecular weight is 617 g/mol. The Morgan fingerprint density at radius 1 is 0.362 bits per heavy atom. The fraction of sp³-hybridized carbons (Fsp3) is 0. The maximum Gasteiger partial charge on any atom is 0.147 e. The molecule has 11 aromatic rings. The highest BCUT2D eigenvalue weighted by Gasteiger charge is 2.21. The van der Waals surface area contributed by atoms with E-state index in [9.17, 15) is 0 Å². The van der Waals surface area contributed by atoms with Crippen LogP contribution in [0.3, 0.4) is 0 Å². The maximum atomic E-state index is 6.56. The van der Waals surface area contributed by atoms with Crippen LogP contribution >= 0.6 is 11.3 Å². The third kappa shape index (κ3) is 3.44. The van der Waals surface area contributed by atoms with Gasteiger partial charge in [-0.1, -0.05) is 103 Å². The third-order valence-electron chi connectivity index (χ3n) is 9.87. The van der Waals surface area contributed by atoms with Crippen LogP contribution in [0.15, 0.2) is 154 Å². The SMILES string of the molecule is c1ccc2c(c1)oc1c2ccc2oc3cc(-c4c5ccccc5c(-c5cccc6sc7ccccc7c56)c5ccccc45)ccc3c21. The maximum absolute atomic E-state index is 6.56. The molecule has 0 spiro atoms. The van der Waals surface area contributed by atoms with Gasteiger partial charge in [-0.05, 0) is 86.3 Å². The zero-order valence-corrected chi connectivity index (χ0v) is 25.9. The zero-order chi connectivity index (χ0) is 30.6. The summed E-state index contributed by atoms with van der Waals surface area (Å²) < 4.78 is 15.6. The van der Waals surface area contributed by atoms with Crippen molar-refractivity contribution < 1.29 is 8.83 Å². The molecular weight excluding hydrogens is 593 g/mol. The Bertz CT molecular complexity index is 3020. The lowest BCUT2D eigenvalue weighted by atomic mass is 9.85. The van der Waals surface area contributed by atoms with Gasteiger partial charge in [-0.2, -0.15) is 0 Å². The van der Waals surface area contributed by atoms with E-state index < -0.39 is 0 Å². The van der Waals surface area contributed by atoms with Crippen LogP contribution in [-0.4, -0.2) is 0 Å². The van der Waals surface area contributed by atoms with Crippen molar-refractivity contribution in [2.24, 2.45) is 0 Å². The summed E-state index contributed by atoms with van der Waals surface area (Å²) in [6.45, 7) is 0. The van der Waals surface area contributed by atoms with Gasteiger partial charge in [-0.3, -0.25) is 0 Å². The highest BCUT2D eigenvalue weighted by molar-refractivity contribution is 7.25. The van der Waals surface area contributed by atoms with Gasteiger partial charge in [0, 0.05) is 36.3 Å². The lowest BCUT2D eigenvalue weighted by Gasteiger charge is -2.18. The van der Waals surface area contributed by atoms with E-state index in [0.29, 0.717) is 0 Å². The second kappa shape index (κ2) is 9.32. The molecule has 0 fully saturated rings. The molecular formula is C44H24O2S. The molecule has 0 saturated heterocycles. The fourth-order valence-electron chi connectivity index (χ4n) is 7.91. The molecule has 0 aliphatic rings. The van der Waals surface area contributed by atoms with Crippen molar-refractivity contribution in [2.45, 2.75) is 0 Å².